The maximum absolute atomic E-state index is 12.8. The van der Waals surface area contributed by atoms with Crippen LogP contribution in [0.15, 0.2) is 35.7 Å². The Bertz CT molecular complexity index is 748. The molecule has 3 rings (SSSR count). The number of thiophene rings is 1. The third-order valence-electron chi connectivity index (χ3n) is 4.65. The van der Waals surface area contributed by atoms with Gasteiger partial charge in [-0.25, -0.2) is 0 Å². The van der Waals surface area contributed by atoms with Crippen molar-refractivity contribution in [2.24, 2.45) is 0 Å². The normalized spacial score (nSPS) is 16.6. The van der Waals surface area contributed by atoms with Gasteiger partial charge in [0.25, 0.3) is 11.8 Å². The SMILES string of the molecule is CCc1ccc(C(=O)Nc2sccc2C(=O)N(C)C2CCNC2)cc1. The third kappa shape index (κ3) is 3.91. The lowest BCUT2D eigenvalue weighted by atomic mass is 10.1. The molecule has 0 radical (unpaired) electrons. The quantitative estimate of drug-likeness (QED) is 0.865. The minimum absolute atomic E-state index is 0.0495. The van der Waals surface area contributed by atoms with Gasteiger partial charge in [-0.2, -0.15) is 0 Å². The topological polar surface area (TPSA) is 61.4 Å². The summed E-state index contributed by atoms with van der Waals surface area (Å²) < 4.78 is 0. The summed E-state index contributed by atoms with van der Waals surface area (Å²) in [6.07, 6.45) is 1.89. The van der Waals surface area contributed by atoms with Gasteiger partial charge in [0.15, 0.2) is 0 Å². The minimum Gasteiger partial charge on any atom is -0.337 e. The molecular weight excluding hydrogens is 334 g/mol. The van der Waals surface area contributed by atoms with Crippen LogP contribution in [0, 0.1) is 0 Å². The van der Waals surface area contributed by atoms with Crippen molar-refractivity contribution in [3.05, 3.63) is 52.4 Å². The van der Waals surface area contributed by atoms with Crippen molar-refractivity contribution in [2.75, 3.05) is 25.5 Å². The fourth-order valence-corrected chi connectivity index (χ4v) is 3.74. The second-order valence-electron chi connectivity index (χ2n) is 6.23. The van der Waals surface area contributed by atoms with E-state index in [0.717, 1.165) is 25.9 Å². The summed E-state index contributed by atoms with van der Waals surface area (Å²) in [6.45, 7) is 3.83. The van der Waals surface area contributed by atoms with E-state index < -0.39 is 0 Å². The Hall–Kier alpha value is -2.18. The Balaban J connectivity index is 1.72. The summed E-state index contributed by atoms with van der Waals surface area (Å²) in [4.78, 5) is 27.0. The monoisotopic (exact) mass is 357 g/mol. The first kappa shape index (κ1) is 17.6. The zero-order chi connectivity index (χ0) is 17.8. The highest BCUT2D eigenvalue weighted by Crippen LogP contribution is 2.26. The van der Waals surface area contributed by atoms with Gasteiger partial charge < -0.3 is 15.5 Å². The summed E-state index contributed by atoms with van der Waals surface area (Å²) in [7, 11) is 1.83. The Morgan fingerprint density at radius 1 is 1.28 bits per heavy atom. The van der Waals surface area contributed by atoms with E-state index in [9.17, 15) is 9.59 Å². The summed E-state index contributed by atoms with van der Waals surface area (Å²) in [5.74, 6) is -0.240. The Morgan fingerprint density at radius 2 is 2.04 bits per heavy atom. The zero-order valence-electron chi connectivity index (χ0n) is 14.5. The molecule has 0 bridgehead atoms. The molecule has 6 heteroatoms. The van der Waals surface area contributed by atoms with E-state index in [-0.39, 0.29) is 17.9 Å². The van der Waals surface area contributed by atoms with Crippen LogP contribution in [0.4, 0.5) is 5.00 Å². The first-order chi connectivity index (χ1) is 12.1. The molecule has 1 aliphatic rings. The number of carbonyl (C=O) groups is 2. The lowest BCUT2D eigenvalue weighted by Gasteiger charge is -2.23. The van der Waals surface area contributed by atoms with E-state index in [0.29, 0.717) is 16.1 Å². The van der Waals surface area contributed by atoms with Crippen LogP contribution in [0.25, 0.3) is 0 Å². The van der Waals surface area contributed by atoms with Crippen molar-refractivity contribution in [3.63, 3.8) is 0 Å². The predicted octanol–water partition coefficient (Wildman–Crippen LogP) is 3.00. The predicted molar refractivity (Wildman–Crippen MR) is 101 cm³/mol. The van der Waals surface area contributed by atoms with Crippen LogP contribution in [-0.4, -0.2) is 42.9 Å². The molecule has 1 fully saturated rings. The van der Waals surface area contributed by atoms with Crippen molar-refractivity contribution < 1.29 is 9.59 Å². The van der Waals surface area contributed by atoms with Gasteiger partial charge in [0.2, 0.25) is 0 Å². The number of carbonyl (C=O) groups excluding carboxylic acids is 2. The van der Waals surface area contributed by atoms with Gasteiger partial charge in [0.05, 0.1) is 5.56 Å². The number of amides is 2. The van der Waals surface area contributed by atoms with Gasteiger partial charge >= 0.3 is 0 Å². The van der Waals surface area contributed by atoms with E-state index in [1.807, 2.05) is 36.7 Å². The molecule has 1 aromatic heterocycles. The Kier molecular flexibility index (Phi) is 5.50. The van der Waals surface area contributed by atoms with E-state index in [1.165, 1.54) is 16.9 Å². The maximum Gasteiger partial charge on any atom is 0.256 e. The Labute approximate surface area is 152 Å². The van der Waals surface area contributed by atoms with Crippen molar-refractivity contribution in [2.45, 2.75) is 25.8 Å². The standard InChI is InChI=1S/C19H23N3O2S/c1-3-13-4-6-14(7-5-13)17(23)21-18-16(9-11-25-18)19(24)22(2)15-8-10-20-12-15/h4-7,9,11,15,20H,3,8,10,12H2,1-2H3,(H,21,23). The summed E-state index contributed by atoms with van der Waals surface area (Å²) in [6, 6.07) is 9.53. The summed E-state index contributed by atoms with van der Waals surface area (Å²) in [5.41, 5.74) is 2.34. The molecule has 1 saturated heterocycles. The molecule has 2 aromatic rings. The van der Waals surface area contributed by atoms with Gasteiger partial charge in [-0.3, -0.25) is 9.59 Å². The first-order valence-corrected chi connectivity index (χ1v) is 9.43. The second kappa shape index (κ2) is 7.80. The number of anilines is 1. The van der Waals surface area contributed by atoms with Crippen molar-refractivity contribution in [1.82, 2.24) is 10.2 Å². The van der Waals surface area contributed by atoms with Crippen molar-refractivity contribution in [3.8, 4) is 0 Å². The summed E-state index contributed by atoms with van der Waals surface area (Å²) >= 11 is 1.37. The number of likely N-dealkylation sites (N-methyl/N-ethyl adjacent to an activating group) is 1. The van der Waals surface area contributed by atoms with Crippen LogP contribution >= 0.6 is 11.3 Å². The van der Waals surface area contributed by atoms with Crippen LogP contribution < -0.4 is 10.6 Å². The van der Waals surface area contributed by atoms with Gasteiger partial charge in [0, 0.05) is 25.2 Å². The zero-order valence-corrected chi connectivity index (χ0v) is 15.4. The third-order valence-corrected chi connectivity index (χ3v) is 5.48. The smallest absolute Gasteiger partial charge is 0.256 e. The molecule has 0 spiro atoms. The Morgan fingerprint density at radius 3 is 2.68 bits per heavy atom. The molecule has 1 aliphatic heterocycles. The molecule has 0 aliphatic carbocycles. The molecule has 2 heterocycles. The highest BCUT2D eigenvalue weighted by molar-refractivity contribution is 7.14. The van der Waals surface area contributed by atoms with E-state index >= 15 is 0 Å². The molecule has 25 heavy (non-hydrogen) atoms. The molecule has 2 amide bonds. The van der Waals surface area contributed by atoms with Gasteiger partial charge in [-0.05, 0) is 48.5 Å². The van der Waals surface area contributed by atoms with Crippen molar-refractivity contribution in [1.29, 1.82) is 0 Å². The number of hydrogen-bond donors (Lipinski definition) is 2. The van der Waals surface area contributed by atoms with Crippen LogP contribution in [0.3, 0.4) is 0 Å². The van der Waals surface area contributed by atoms with E-state index in [4.69, 9.17) is 0 Å². The van der Waals surface area contributed by atoms with Crippen LogP contribution in [-0.2, 0) is 6.42 Å². The lowest BCUT2D eigenvalue weighted by Crippen LogP contribution is -2.38. The molecule has 0 saturated carbocycles. The minimum atomic E-state index is -0.190. The van der Waals surface area contributed by atoms with Crippen LogP contribution in [0.2, 0.25) is 0 Å². The molecule has 1 atom stereocenters. The summed E-state index contributed by atoms with van der Waals surface area (Å²) in [5, 5.41) is 8.60. The largest absolute Gasteiger partial charge is 0.337 e. The number of rotatable bonds is 5. The second-order valence-corrected chi connectivity index (χ2v) is 7.15. The highest BCUT2D eigenvalue weighted by Gasteiger charge is 2.26. The number of nitrogens with zero attached hydrogens (tertiary/aromatic N) is 1. The van der Waals surface area contributed by atoms with Gasteiger partial charge in [-0.1, -0.05) is 19.1 Å². The lowest BCUT2D eigenvalue weighted by molar-refractivity contribution is 0.0745. The average molecular weight is 357 g/mol. The molecule has 132 valence electrons. The highest BCUT2D eigenvalue weighted by atomic mass is 32.1. The molecule has 2 N–H and O–H groups in total. The fraction of sp³-hybridized carbons (Fsp3) is 0.368. The molecule has 1 aromatic carbocycles. The molecule has 1 unspecified atom stereocenters. The number of benzene rings is 1. The van der Waals surface area contributed by atoms with E-state index in [2.05, 4.69) is 17.6 Å². The van der Waals surface area contributed by atoms with Gasteiger partial charge in [-0.15, -0.1) is 11.3 Å². The fourth-order valence-electron chi connectivity index (χ4n) is 2.97. The first-order valence-electron chi connectivity index (χ1n) is 8.55. The van der Waals surface area contributed by atoms with E-state index in [1.54, 1.807) is 11.0 Å². The van der Waals surface area contributed by atoms with Crippen molar-refractivity contribution >= 4 is 28.2 Å². The number of nitrogens with one attached hydrogen (secondary N) is 2. The average Bonchev–Trinajstić information content (AvgIpc) is 3.32. The van der Waals surface area contributed by atoms with Gasteiger partial charge in [0.1, 0.15) is 5.00 Å². The molecular formula is C19H23N3O2S. The molecule has 5 nitrogen and oxygen atoms in total. The van der Waals surface area contributed by atoms with Crippen LogP contribution in [0.5, 0.6) is 0 Å². The maximum atomic E-state index is 12.8. The van der Waals surface area contributed by atoms with Crippen LogP contribution in [0.1, 0.15) is 39.6 Å². The number of hydrogen-bond acceptors (Lipinski definition) is 4. The number of aryl methyl sites for hydroxylation is 1.